The maximum atomic E-state index is 14.6. The second kappa shape index (κ2) is 15.0. The molecule has 2 amide bonds. The second-order valence-electron chi connectivity index (χ2n) is 12.0. The predicted octanol–water partition coefficient (Wildman–Crippen LogP) is 6.85. The maximum Gasteiger partial charge on any atom is 0.264 e. The Bertz CT molecular complexity index is 1740. The molecule has 46 heavy (non-hydrogen) atoms. The third kappa shape index (κ3) is 8.17. The van der Waals surface area contributed by atoms with Crippen molar-refractivity contribution >= 4 is 39.1 Å². The van der Waals surface area contributed by atoms with Crippen LogP contribution in [0.25, 0.3) is 0 Å². The minimum Gasteiger partial charge on any atom is -0.352 e. The minimum absolute atomic E-state index is 0.0377. The van der Waals surface area contributed by atoms with Gasteiger partial charge in [0, 0.05) is 19.0 Å². The van der Waals surface area contributed by atoms with Gasteiger partial charge in [-0.2, -0.15) is 0 Å². The molecule has 0 aromatic heterocycles. The number of benzene rings is 4. The van der Waals surface area contributed by atoms with Crippen LogP contribution in [0.2, 0.25) is 5.02 Å². The number of hydrogen-bond donors (Lipinski definition) is 1. The van der Waals surface area contributed by atoms with Gasteiger partial charge in [-0.05, 0) is 62.1 Å². The molecule has 4 aromatic rings. The van der Waals surface area contributed by atoms with Gasteiger partial charge in [0.25, 0.3) is 10.0 Å². The summed E-state index contributed by atoms with van der Waals surface area (Å²) in [6.07, 6.45) is 4.15. The molecule has 240 valence electrons. The number of rotatable bonds is 12. The molecule has 0 aliphatic heterocycles. The molecule has 9 heteroatoms. The van der Waals surface area contributed by atoms with Gasteiger partial charge in [-0.1, -0.05) is 114 Å². The Balaban J connectivity index is 1.57. The van der Waals surface area contributed by atoms with E-state index in [0.717, 1.165) is 52.2 Å². The van der Waals surface area contributed by atoms with Crippen LogP contribution in [0.4, 0.5) is 5.69 Å². The van der Waals surface area contributed by atoms with E-state index in [9.17, 15) is 18.0 Å². The van der Waals surface area contributed by atoms with Gasteiger partial charge in [0.1, 0.15) is 12.6 Å². The largest absolute Gasteiger partial charge is 0.352 e. The van der Waals surface area contributed by atoms with Crippen molar-refractivity contribution in [3.63, 3.8) is 0 Å². The van der Waals surface area contributed by atoms with Crippen LogP contribution in [0, 0.1) is 13.8 Å². The summed E-state index contributed by atoms with van der Waals surface area (Å²) in [7, 11) is -4.22. The molecule has 0 heterocycles. The highest BCUT2D eigenvalue weighted by molar-refractivity contribution is 7.92. The van der Waals surface area contributed by atoms with E-state index < -0.39 is 28.5 Å². The molecule has 1 saturated carbocycles. The van der Waals surface area contributed by atoms with Gasteiger partial charge in [0.15, 0.2) is 0 Å². The summed E-state index contributed by atoms with van der Waals surface area (Å²) in [4.78, 5) is 30.3. The van der Waals surface area contributed by atoms with Crippen LogP contribution in [0.1, 0.15) is 47.9 Å². The maximum absolute atomic E-state index is 14.6. The number of hydrogen-bond acceptors (Lipinski definition) is 4. The van der Waals surface area contributed by atoms with Crippen LogP contribution in [-0.2, 0) is 32.6 Å². The topological polar surface area (TPSA) is 86.8 Å². The number of carbonyl (C=O) groups excluding carboxylic acids is 2. The number of anilines is 1. The van der Waals surface area contributed by atoms with Crippen LogP contribution < -0.4 is 9.62 Å². The van der Waals surface area contributed by atoms with Crippen molar-refractivity contribution in [1.82, 2.24) is 10.2 Å². The Morgan fingerprint density at radius 1 is 0.804 bits per heavy atom. The molecule has 0 unspecified atom stereocenters. The van der Waals surface area contributed by atoms with Crippen molar-refractivity contribution < 1.29 is 18.0 Å². The molecule has 7 nitrogen and oxygen atoms in total. The minimum atomic E-state index is -4.22. The average molecular weight is 658 g/mol. The Morgan fingerprint density at radius 2 is 1.39 bits per heavy atom. The molecule has 4 aromatic carbocycles. The molecule has 5 rings (SSSR count). The van der Waals surface area contributed by atoms with E-state index in [-0.39, 0.29) is 40.5 Å². The number of nitrogens with zero attached hydrogens (tertiary/aromatic N) is 2. The molecule has 1 atom stereocenters. The van der Waals surface area contributed by atoms with Crippen LogP contribution >= 0.6 is 11.6 Å². The third-order valence-electron chi connectivity index (χ3n) is 8.46. The first-order chi connectivity index (χ1) is 22.1. The smallest absolute Gasteiger partial charge is 0.264 e. The van der Waals surface area contributed by atoms with E-state index in [1.807, 2.05) is 68.4 Å². The van der Waals surface area contributed by atoms with Crippen LogP contribution in [-0.4, -0.2) is 43.8 Å². The summed E-state index contributed by atoms with van der Waals surface area (Å²) in [5.74, 6) is -0.763. The van der Waals surface area contributed by atoms with Gasteiger partial charge in [-0.25, -0.2) is 8.42 Å². The van der Waals surface area contributed by atoms with Crippen LogP contribution in [0.3, 0.4) is 0 Å². The van der Waals surface area contributed by atoms with E-state index in [0.29, 0.717) is 0 Å². The fourth-order valence-corrected chi connectivity index (χ4v) is 7.54. The fourth-order valence-electron chi connectivity index (χ4n) is 5.82. The zero-order valence-electron chi connectivity index (χ0n) is 26.2. The van der Waals surface area contributed by atoms with Crippen molar-refractivity contribution in [2.24, 2.45) is 0 Å². The molecule has 0 spiro atoms. The third-order valence-corrected chi connectivity index (χ3v) is 10.5. The van der Waals surface area contributed by atoms with Crippen LogP contribution in [0.5, 0.6) is 0 Å². The Kier molecular flexibility index (Phi) is 10.8. The molecule has 0 saturated heterocycles. The Hall–Kier alpha value is -4.14. The highest BCUT2D eigenvalue weighted by Crippen LogP contribution is 2.31. The van der Waals surface area contributed by atoms with Crippen molar-refractivity contribution in [3.05, 3.63) is 130 Å². The number of halogens is 1. The lowest BCUT2D eigenvalue weighted by Gasteiger charge is -2.34. The lowest BCUT2D eigenvalue weighted by atomic mass is 10.0. The highest BCUT2D eigenvalue weighted by Gasteiger charge is 2.36. The summed E-state index contributed by atoms with van der Waals surface area (Å²) in [5, 5.41) is 3.39. The molecule has 1 N–H and O–H groups in total. The summed E-state index contributed by atoms with van der Waals surface area (Å²) in [6.45, 7) is 3.43. The lowest BCUT2D eigenvalue weighted by molar-refractivity contribution is -0.140. The molecular formula is C37H40ClN3O4S. The number of para-hydroxylation sites is 1. The highest BCUT2D eigenvalue weighted by atomic mass is 35.5. The number of carbonyl (C=O) groups is 2. The summed E-state index contributed by atoms with van der Waals surface area (Å²) in [5.41, 5.74) is 3.88. The van der Waals surface area contributed by atoms with Gasteiger partial charge in [0.05, 0.1) is 15.6 Å². The van der Waals surface area contributed by atoms with Crippen molar-refractivity contribution in [2.45, 2.75) is 69.5 Å². The number of amides is 2. The number of sulfonamides is 1. The number of aryl methyl sites for hydroxylation is 2. The summed E-state index contributed by atoms with van der Waals surface area (Å²) in [6, 6.07) is 29.6. The van der Waals surface area contributed by atoms with E-state index in [4.69, 9.17) is 11.6 Å². The first-order valence-electron chi connectivity index (χ1n) is 15.6. The molecule has 1 aliphatic rings. The van der Waals surface area contributed by atoms with Crippen molar-refractivity contribution in [3.8, 4) is 0 Å². The number of nitrogens with one attached hydrogen (secondary N) is 1. The molecule has 0 radical (unpaired) electrons. The second-order valence-corrected chi connectivity index (χ2v) is 14.2. The Morgan fingerprint density at radius 3 is 2.02 bits per heavy atom. The van der Waals surface area contributed by atoms with Gasteiger partial charge in [0.2, 0.25) is 11.8 Å². The predicted molar refractivity (Wildman–Crippen MR) is 183 cm³/mol. The molecular weight excluding hydrogens is 618 g/mol. The lowest BCUT2D eigenvalue weighted by Crippen LogP contribution is -2.54. The monoisotopic (exact) mass is 657 g/mol. The van der Waals surface area contributed by atoms with Crippen molar-refractivity contribution in [1.29, 1.82) is 0 Å². The standard InChI is InChI=1S/C37H40ClN3O4S/c1-27-16-20-30(21-17-27)25-40(35(24-29-10-4-3-5-11-29)37(43)39-31-12-6-7-13-31)36(42)26-41(34-15-9-8-14-33(34)38)46(44,45)32-22-18-28(2)19-23-32/h3-5,8-11,14-23,31,35H,6-7,12-13,24-26H2,1-2H3,(H,39,43)/t35-/m0/s1. The molecule has 0 bridgehead atoms. The summed E-state index contributed by atoms with van der Waals surface area (Å²) < 4.78 is 29.4. The van der Waals surface area contributed by atoms with E-state index >= 15 is 0 Å². The molecule has 1 fully saturated rings. The van der Waals surface area contributed by atoms with Gasteiger partial charge in [-0.15, -0.1) is 0 Å². The zero-order chi connectivity index (χ0) is 32.7. The van der Waals surface area contributed by atoms with E-state index in [2.05, 4.69) is 5.32 Å². The van der Waals surface area contributed by atoms with Gasteiger partial charge in [-0.3, -0.25) is 13.9 Å². The summed E-state index contributed by atoms with van der Waals surface area (Å²) >= 11 is 6.57. The zero-order valence-corrected chi connectivity index (χ0v) is 27.8. The average Bonchev–Trinajstić information content (AvgIpc) is 3.56. The van der Waals surface area contributed by atoms with Crippen molar-refractivity contribution in [2.75, 3.05) is 10.8 Å². The SMILES string of the molecule is Cc1ccc(CN(C(=O)CN(c2ccccc2Cl)S(=O)(=O)c2ccc(C)cc2)[C@@H](Cc2ccccc2)C(=O)NC2CCCC2)cc1. The first-order valence-corrected chi connectivity index (χ1v) is 17.5. The first kappa shape index (κ1) is 33.2. The van der Waals surface area contributed by atoms with E-state index in [1.165, 1.54) is 17.0 Å². The normalized spacial score (nSPS) is 14.1. The van der Waals surface area contributed by atoms with Gasteiger partial charge < -0.3 is 10.2 Å². The Labute approximate surface area is 277 Å². The molecule has 1 aliphatic carbocycles. The van der Waals surface area contributed by atoms with Crippen LogP contribution in [0.15, 0.2) is 108 Å². The quantitative estimate of drug-likeness (QED) is 0.181. The van der Waals surface area contributed by atoms with E-state index in [1.54, 1.807) is 36.4 Å². The van der Waals surface area contributed by atoms with Gasteiger partial charge >= 0.3 is 0 Å². The fraction of sp³-hybridized carbons (Fsp3) is 0.297.